The van der Waals surface area contributed by atoms with Gasteiger partial charge in [0.25, 0.3) is 0 Å². The second-order valence-electron chi connectivity index (χ2n) is 6.31. The zero-order valence-corrected chi connectivity index (χ0v) is 16.1. The summed E-state index contributed by atoms with van der Waals surface area (Å²) >= 11 is 0. The molecule has 0 spiro atoms. The van der Waals surface area contributed by atoms with E-state index in [1.54, 1.807) is 71.5 Å². The number of hydrogen-bond donors (Lipinski definition) is 0. The molecule has 0 radical (unpaired) electrons. The fourth-order valence-electron chi connectivity index (χ4n) is 2.81. The van der Waals surface area contributed by atoms with Crippen molar-refractivity contribution in [1.82, 2.24) is 9.78 Å². The van der Waals surface area contributed by atoms with E-state index in [4.69, 9.17) is 4.74 Å². The van der Waals surface area contributed by atoms with Crippen LogP contribution < -0.4 is 4.74 Å². The van der Waals surface area contributed by atoms with E-state index in [0.29, 0.717) is 17.1 Å². The first-order chi connectivity index (χ1) is 14.0. The molecular weight excluding hydrogens is 391 g/mol. The maximum Gasteiger partial charge on any atom is 0.206 e. The molecule has 0 unspecified atom stereocenters. The molecule has 1 aromatic heterocycles. The van der Waals surface area contributed by atoms with Crippen molar-refractivity contribution in [3.05, 3.63) is 103 Å². The van der Waals surface area contributed by atoms with Crippen molar-refractivity contribution in [3.63, 3.8) is 0 Å². The summed E-state index contributed by atoms with van der Waals surface area (Å²) in [5.41, 5.74) is 1.28. The Hall–Kier alpha value is -3.45. The summed E-state index contributed by atoms with van der Waals surface area (Å²) in [5, 5.41) is 4.36. The lowest BCUT2D eigenvalue weighted by Gasteiger charge is -2.07. The topological polar surface area (TPSA) is 61.2 Å². The third kappa shape index (κ3) is 4.20. The zero-order chi connectivity index (χ0) is 20.3. The molecule has 29 heavy (non-hydrogen) atoms. The highest BCUT2D eigenvalue weighted by atomic mass is 32.2. The summed E-state index contributed by atoms with van der Waals surface area (Å²) in [6.07, 6.45) is 1.73. The minimum atomic E-state index is -3.56. The highest BCUT2D eigenvalue weighted by molar-refractivity contribution is 7.91. The lowest BCUT2D eigenvalue weighted by molar-refractivity contribution is 0.300. The molecule has 1 heterocycles. The molecule has 0 atom stereocenters. The number of ether oxygens (including phenoxy) is 1. The first-order valence-corrected chi connectivity index (χ1v) is 10.3. The average Bonchev–Trinajstić information content (AvgIpc) is 3.22. The van der Waals surface area contributed by atoms with Crippen LogP contribution in [0.5, 0.6) is 5.75 Å². The Morgan fingerprint density at radius 3 is 2.31 bits per heavy atom. The molecule has 0 N–H and O–H groups in total. The van der Waals surface area contributed by atoms with Crippen LogP contribution in [-0.2, 0) is 16.4 Å². The molecule has 0 amide bonds. The number of hydrogen-bond acceptors (Lipinski definition) is 4. The van der Waals surface area contributed by atoms with Gasteiger partial charge in [-0.1, -0.05) is 24.3 Å². The van der Waals surface area contributed by atoms with Crippen LogP contribution >= 0.6 is 0 Å². The van der Waals surface area contributed by atoms with E-state index in [2.05, 4.69) is 5.10 Å². The standard InChI is InChI=1S/C22H17FN2O3S/c23-17-5-4-6-19(15-17)25-14-13-18(24-25)16-28-20-9-11-22(12-10-20)29(26,27)21-7-2-1-3-8-21/h1-15H,16H2. The number of halogens is 1. The largest absolute Gasteiger partial charge is 0.487 e. The lowest BCUT2D eigenvalue weighted by Crippen LogP contribution is -2.02. The maximum atomic E-state index is 13.3. The van der Waals surface area contributed by atoms with Crippen LogP contribution in [0.2, 0.25) is 0 Å². The quantitative estimate of drug-likeness (QED) is 0.474. The summed E-state index contributed by atoms with van der Waals surface area (Å²) in [6.45, 7) is 0.201. The van der Waals surface area contributed by atoms with Gasteiger partial charge in [-0.3, -0.25) is 0 Å². The predicted molar refractivity (Wildman–Crippen MR) is 106 cm³/mol. The summed E-state index contributed by atoms with van der Waals surface area (Å²) < 4.78 is 45.8. The molecule has 0 aliphatic carbocycles. The van der Waals surface area contributed by atoms with Crippen LogP contribution in [0, 0.1) is 5.82 Å². The molecule has 0 aliphatic rings. The van der Waals surface area contributed by atoms with E-state index >= 15 is 0 Å². The second kappa shape index (κ2) is 7.89. The molecule has 146 valence electrons. The SMILES string of the molecule is O=S(=O)(c1ccccc1)c1ccc(OCc2ccn(-c3cccc(F)c3)n2)cc1. The average molecular weight is 408 g/mol. The van der Waals surface area contributed by atoms with Gasteiger partial charge in [0.1, 0.15) is 23.9 Å². The van der Waals surface area contributed by atoms with Gasteiger partial charge in [0, 0.05) is 6.20 Å². The Morgan fingerprint density at radius 1 is 0.862 bits per heavy atom. The van der Waals surface area contributed by atoms with Gasteiger partial charge < -0.3 is 4.74 Å². The van der Waals surface area contributed by atoms with E-state index < -0.39 is 9.84 Å². The van der Waals surface area contributed by atoms with Crippen molar-refractivity contribution in [2.24, 2.45) is 0 Å². The molecule has 0 fully saturated rings. The first kappa shape index (κ1) is 18.9. The van der Waals surface area contributed by atoms with Gasteiger partial charge in [-0.2, -0.15) is 5.10 Å². The highest BCUT2D eigenvalue weighted by Gasteiger charge is 2.17. The molecule has 4 rings (SSSR count). The smallest absolute Gasteiger partial charge is 0.206 e. The van der Waals surface area contributed by atoms with Crippen LogP contribution in [0.1, 0.15) is 5.69 Å². The van der Waals surface area contributed by atoms with Crippen LogP contribution in [0.15, 0.2) is 101 Å². The molecule has 0 saturated carbocycles. The van der Waals surface area contributed by atoms with Gasteiger partial charge in [0.05, 0.1) is 15.5 Å². The highest BCUT2D eigenvalue weighted by Crippen LogP contribution is 2.23. The van der Waals surface area contributed by atoms with Crippen LogP contribution in [0.25, 0.3) is 5.69 Å². The molecule has 4 aromatic rings. The summed E-state index contributed by atoms with van der Waals surface area (Å²) in [4.78, 5) is 0.447. The fraction of sp³-hybridized carbons (Fsp3) is 0.0455. The minimum absolute atomic E-state index is 0.200. The van der Waals surface area contributed by atoms with Crippen molar-refractivity contribution in [2.75, 3.05) is 0 Å². The minimum Gasteiger partial charge on any atom is -0.487 e. The van der Waals surface area contributed by atoms with Gasteiger partial charge in [0.2, 0.25) is 9.84 Å². The summed E-state index contributed by atoms with van der Waals surface area (Å²) in [5.74, 6) is 0.193. The molecule has 3 aromatic carbocycles. The Morgan fingerprint density at radius 2 is 1.59 bits per heavy atom. The monoisotopic (exact) mass is 408 g/mol. The molecule has 7 heteroatoms. The second-order valence-corrected chi connectivity index (χ2v) is 8.26. The van der Waals surface area contributed by atoms with Gasteiger partial charge in [0.15, 0.2) is 0 Å². The normalized spacial score (nSPS) is 11.3. The number of benzene rings is 3. The molecule has 0 bridgehead atoms. The molecule has 0 saturated heterocycles. The van der Waals surface area contributed by atoms with Crippen molar-refractivity contribution in [2.45, 2.75) is 16.4 Å². The van der Waals surface area contributed by atoms with E-state index in [1.165, 1.54) is 24.3 Å². The van der Waals surface area contributed by atoms with E-state index in [-0.39, 0.29) is 22.2 Å². The van der Waals surface area contributed by atoms with Crippen molar-refractivity contribution < 1.29 is 17.5 Å². The van der Waals surface area contributed by atoms with Crippen molar-refractivity contribution in [1.29, 1.82) is 0 Å². The molecule has 5 nitrogen and oxygen atoms in total. The van der Waals surface area contributed by atoms with Crippen molar-refractivity contribution >= 4 is 9.84 Å². The third-order valence-electron chi connectivity index (χ3n) is 4.29. The molecular formula is C22H17FN2O3S. The van der Waals surface area contributed by atoms with Crippen LogP contribution in [0.4, 0.5) is 4.39 Å². The Balaban J connectivity index is 1.44. The lowest BCUT2D eigenvalue weighted by atomic mass is 10.3. The number of nitrogens with zero attached hydrogens (tertiary/aromatic N) is 2. The Kier molecular flexibility index (Phi) is 5.14. The van der Waals surface area contributed by atoms with E-state index in [1.807, 2.05) is 0 Å². The number of aromatic nitrogens is 2. The van der Waals surface area contributed by atoms with Gasteiger partial charge in [-0.05, 0) is 60.7 Å². The Bertz CT molecular complexity index is 1220. The Labute approximate surface area is 167 Å². The van der Waals surface area contributed by atoms with Crippen LogP contribution in [-0.4, -0.2) is 18.2 Å². The maximum absolute atomic E-state index is 13.3. The summed E-state index contributed by atoms with van der Waals surface area (Å²) in [7, 11) is -3.56. The third-order valence-corrected chi connectivity index (χ3v) is 6.08. The first-order valence-electron chi connectivity index (χ1n) is 8.86. The number of sulfone groups is 1. The van der Waals surface area contributed by atoms with Gasteiger partial charge in [-0.15, -0.1) is 0 Å². The molecule has 0 aliphatic heterocycles. The van der Waals surface area contributed by atoms with Crippen LogP contribution in [0.3, 0.4) is 0 Å². The van der Waals surface area contributed by atoms with Gasteiger partial charge in [-0.25, -0.2) is 17.5 Å². The van der Waals surface area contributed by atoms with Gasteiger partial charge >= 0.3 is 0 Å². The number of rotatable bonds is 6. The van der Waals surface area contributed by atoms with E-state index in [9.17, 15) is 12.8 Å². The zero-order valence-electron chi connectivity index (χ0n) is 15.3. The predicted octanol–water partition coefficient (Wildman–Crippen LogP) is 4.42. The van der Waals surface area contributed by atoms with Crippen molar-refractivity contribution in [3.8, 4) is 11.4 Å². The van der Waals surface area contributed by atoms with E-state index in [0.717, 1.165) is 0 Å². The fourth-order valence-corrected chi connectivity index (χ4v) is 4.09. The summed E-state index contributed by atoms with van der Waals surface area (Å²) in [6, 6.07) is 22.4.